The molecule has 19 heavy (non-hydrogen) atoms. The van der Waals surface area contributed by atoms with Crippen LogP contribution in [0.15, 0.2) is 12.1 Å². The highest BCUT2D eigenvalue weighted by Gasteiger charge is 2.12. The Morgan fingerprint density at radius 2 is 1.84 bits per heavy atom. The lowest BCUT2D eigenvalue weighted by atomic mass is 10.2. The summed E-state index contributed by atoms with van der Waals surface area (Å²) in [6.07, 6.45) is 0. The Hall–Kier alpha value is -0.480. The molecule has 0 aliphatic rings. The molecule has 0 atom stereocenters. The van der Waals surface area contributed by atoms with Gasteiger partial charge in [-0.3, -0.25) is 0 Å². The number of hydrogen-bond donors (Lipinski definition) is 1. The number of rotatable bonds is 6. The average molecular weight is 306 g/mol. The third kappa shape index (κ3) is 6.00. The molecule has 0 spiro atoms. The average Bonchev–Trinajstić information content (AvgIpc) is 2.25. The summed E-state index contributed by atoms with van der Waals surface area (Å²) in [7, 11) is 1.86. The molecule has 0 aliphatic heterocycles. The first-order valence-corrected chi connectivity index (χ1v) is 6.98. The molecule has 1 aromatic rings. The quantitative estimate of drug-likeness (QED) is 0.808. The van der Waals surface area contributed by atoms with Gasteiger partial charge < -0.3 is 14.8 Å². The number of nitrogens with one attached hydrogen (secondary N) is 1. The van der Waals surface area contributed by atoms with Gasteiger partial charge in [0, 0.05) is 17.1 Å². The molecule has 0 aromatic heterocycles. The van der Waals surface area contributed by atoms with Gasteiger partial charge in [0.05, 0.1) is 17.2 Å². The van der Waals surface area contributed by atoms with E-state index in [1.807, 2.05) is 33.9 Å². The molecular formula is C14H21Cl2NO2. The van der Waals surface area contributed by atoms with Gasteiger partial charge in [0.2, 0.25) is 0 Å². The predicted octanol–water partition coefficient (Wildman–Crippen LogP) is 3.91. The molecule has 0 radical (unpaired) electrons. The molecule has 1 rings (SSSR count). The summed E-state index contributed by atoms with van der Waals surface area (Å²) in [4.78, 5) is 0. The highest BCUT2D eigenvalue weighted by atomic mass is 35.5. The smallest absolute Gasteiger partial charge is 0.142 e. The van der Waals surface area contributed by atoms with Crippen LogP contribution in [0.4, 0.5) is 0 Å². The van der Waals surface area contributed by atoms with E-state index in [2.05, 4.69) is 5.32 Å². The van der Waals surface area contributed by atoms with Gasteiger partial charge in [-0.15, -0.1) is 0 Å². The number of benzene rings is 1. The molecule has 0 saturated heterocycles. The van der Waals surface area contributed by atoms with E-state index in [0.717, 1.165) is 5.56 Å². The van der Waals surface area contributed by atoms with Crippen LogP contribution in [-0.4, -0.2) is 25.9 Å². The topological polar surface area (TPSA) is 30.5 Å². The first-order chi connectivity index (χ1) is 8.83. The molecule has 108 valence electrons. The van der Waals surface area contributed by atoms with Crippen molar-refractivity contribution in [2.45, 2.75) is 32.9 Å². The molecule has 3 nitrogen and oxygen atoms in total. The summed E-state index contributed by atoms with van der Waals surface area (Å²) in [6.45, 7) is 7.64. The second-order valence-corrected chi connectivity index (χ2v) is 6.06. The summed E-state index contributed by atoms with van der Waals surface area (Å²) in [5.41, 5.74) is 0.775. The van der Waals surface area contributed by atoms with E-state index in [-0.39, 0.29) is 5.60 Å². The standard InChI is InChI=1S/C14H21Cl2NO2/c1-14(2,3)19-6-5-18-13-10(9-17-4)7-11(15)8-12(13)16/h7-8,17H,5-6,9H2,1-4H3. The molecule has 1 aromatic carbocycles. The minimum Gasteiger partial charge on any atom is -0.489 e. The first-order valence-electron chi connectivity index (χ1n) is 6.23. The van der Waals surface area contributed by atoms with Crippen molar-refractivity contribution >= 4 is 23.2 Å². The molecule has 0 heterocycles. The molecule has 0 unspecified atom stereocenters. The van der Waals surface area contributed by atoms with Gasteiger partial charge in [-0.2, -0.15) is 0 Å². The summed E-state index contributed by atoms with van der Waals surface area (Å²) < 4.78 is 11.3. The summed E-state index contributed by atoms with van der Waals surface area (Å²) in [5.74, 6) is 0.665. The summed E-state index contributed by atoms with van der Waals surface area (Å²) in [5, 5.41) is 4.19. The molecule has 0 aliphatic carbocycles. The van der Waals surface area contributed by atoms with Gasteiger partial charge >= 0.3 is 0 Å². The minimum absolute atomic E-state index is 0.166. The van der Waals surface area contributed by atoms with Crippen LogP contribution in [0.5, 0.6) is 5.75 Å². The normalized spacial score (nSPS) is 11.7. The van der Waals surface area contributed by atoms with Crippen molar-refractivity contribution in [3.63, 3.8) is 0 Å². The number of hydrogen-bond acceptors (Lipinski definition) is 3. The Morgan fingerprint density at radius 3 is 2.42 bits per heavy atom. The van der Waals surface area contributed by atoms with Gasteiger partial charge in [0.15, 0.2) is 0 Å². The van der Waals surface area contributed by atoms with Crippen molar-refractivity contribution in [3.05, 3.63) is 27.7 Å². The molecule has 0 saturated carbocycles. The van der Waals surface area contributed by atoms with Crippen LogP contribution >= 0.6 is 23.2 Å². The maximum absolute atomic E-state index is 6.16. The van der Waals surface area contributed by atoms with E-state index in [0.29, 0.717) is 35.6 Å². The van der Waals surface area contributed by atoms with Crippen molar-refractivity contribution in [2.75, 3.05) is 20.3 Å². The van der Waals surface area contributed by atoms with Crippen molar-refractivity contribution in [3.8, 4) is 5.75 Å². The Balaban J connectivity index is 2.66. The van der Waals surface area contributed by atoms with E-state index in [9.17, 15) is 0 Å². The molecule has 5 heteroatoms. The fourth-order valence-electron chi connectivity index (χ4n) is 1.59. The highest BCUT2D eigenvalue weighted by molar-refractivity contribution is 6.35. The van der Waals surface area contributed by atoms with Gasteiger partial charge in [0.1, 0.15) is 12.4 Å². The monoisotopic (exact) mass is 305 g/mol. The maximum atomic E-state index is 6.16. The van der Waals surface area contributed by atoms with Crippen LogP contribution < -0.4 is 10.1 Å². The zero-order valence-corrected chi connectivity index (χ0v) is 13.4. The number of halogens is 2. The van der Waals surface area contributed by atoms with E-state index in [1.165, 1.54) is 0 Å². The first kappa shape index (κ1) is 16.6. The van der Waals surface area contributed by atoms with E-state index >= 15 is 0 Å². The van der Waals surface area contributed by atoms with Crippen molar-refractivity contribution in [1.29, 1.82) is 0 Å². The Morgan fingerprint density at radius 1 is 1.16 bits per heavy atom. The Kier molecular flexibility index (Phi) is 6.40. The van der Waals surface area contributed by atoms with Crippen LogP contribution in [-0.2, 0) is 11.3 Å². The fraction of sp³-hybridized carbons (Fsp3) is 0.571. The van der Waals surface area contributed by atoms with Crippen molar-refractivity contribution < 1.29 is 9.47 Å². The third-order valence-electron chi connectivity index (χ3n) is 2.32. The van der Waals surface area contributed by atoms with Gasteiger partial charge in [-0.05, 0) is 40.0 Å². The van der Waals surface area contributed by atoms with Gasteiger partial charge in [-0.25, -0.2) is 0 Å². The van der Waals surface area contributed by atoms with Crippen LogP contribution in [0, 0.1) is 0 Å². The third-order valence-corrected chi connectivity index (χ3v) is 2.82. The van der Waals surface area contributed by atoms with Crippen molar-refractivity contribution in [2.24, 2.45) is 0 Å². The van der Waals surface area contributed by atoms with Gasteiger partial charge in [0.25, 0.3) is 0 Å². The van der Waals surface area contributed by atoms with Crippen LogP contribution in [0.1, 0.15) is 26.3 Å². The Labute approximate surface area is 125 Å². The zero-order valence-electron chi connectivity index (χ0n) is 11.8. The van der Waals surface area contributed by atoms with Crippen molar-refractivity contribution in [1.82, 2.24) is 5.32 Å². The van der Waals surface area contributed by atoms with Gasteiger partial charge in [-0.1, -0.05) is 23.2 Å². The largest absolute Gasteiger partial charge is 0.489 e. The molecular weight excluding hydrogens is 285 g/mol. The van der Waals surface area contributed by atoms with E-state index in [1.54, 1.807) is 6.07 Å². The lowest BCUT2D eigenvalue weighted by Gasteiger charge is -2.20. The van der Waals surface area contributed by atoms with E-state index in [4.69, 9.17) is 32.7 Å². The second kappa shape index (κ2) is 7.34. The predicted molar refractivity (Wildman–Crippen MR) is 80.4 cm³/mol. The Bertz CT molecular complexity index is 417. The number of ether oxygens (including phenoxy) is 2. The zero-order chi connectivity index (χ0) is 14.5. The molecule has 0 fully saturated rings. The second-order valence-electron chi connectivity index (χ2n) is 5.22. The van der Waals surface area contributed by atoms with Crippen LogP contribution in [0.25, 0.3) is 0 Å². The fourth-order valence-corrected chi connectivity index (χ4v) is 2.18. The minimum atomic E-state index is -0.166. The summed E-state index contributed by atoms with van der Waals surface area (Å²) in [6, 6.07) is 3.53. The molecule has 1 N–H and O–H groups in total. The lowest BCUT2D eigenvalue weighted by Crippen LogP contribution is -2.22. The molecule has 0 amide bonds. The summed E-state index contributed by atoms with van der Waals surface area (Å²) >= 11 is 12.1. The van der Waals surface area contributed by atoms with Crippen LogP contribution in [0.3, 0.4) is 0 Å². The van der Waals surface area contributed by atoms with E-state index < -0.39 is 0 Å². The SMILES string of the molecule is CNCc1cc(Cl)cc(Cl)c1OCCOC(C)(C)C. The molecule has 0 bridgehead atoms. The van der Waals surface area contributed by atoms with Crippen LogP contribution in [0.2, 0.25) is 10.0 Å². The maximum Gasteiger partial charge on any atom is 0.142 e. The highest BCUT2D eigenvalue weighted by Crippen LogP contribution is 2.32. The lowest BCUT2D eigenvalue weighted by molar-refractivity contribution is -0.0163.